The molecule has 0 fully saturated rings. The Bertz CT molecular complexity index is 1060. The summed E-state index contributed by atoms with van der Waals surface area (Å²) in [6.45, 7) is 4.97. The van der Waals surface area contributed by atoms with Crippen LogP contribution >= 0.6 is 35.6 Å². The average molecular weight is 568 g/mol. The topological polar surface area (TPSA) is 84.6 Å². The molecule has 2 heterocycles. The van der Waals surface area contributed by atoms with Gasteiger partial charge in [0.05, 0.1) is 13.2 Å². The molecule has 0 aliphatic carbocycles. The van der Waals surface area contributed by atoms with Crippen molar-refractivity contribution in [1.29, 1.82) is 0 Å². The minimum Gasteiger partial charge on any atom is -0.493 e. The number of halogens is 2. The second-order valence-corrected chi connectivity index (χ2v) is 7.69. The van der Waals surface area contributed by atoms with Gasteiger partial charge in [-0.15, -0.1) is 24.0 Å². The largest absolute Gasteiger partial charge is 0.493 e. The maximum Gasteiger partial charge on any atom is 0.228 e. The zero-order valence-corrected chi connectivity index (χ0v) is 21.0. The first kappa shape index (κ1) is 24.3. The van der Waals surface area contributed by atoms with Crippen molar-refractivity contribution in [2.24, 2.45) is 4.99 Å². The van der Waals surface area contributed by atoms with E-state index in [0.29, 0.717) is 29.7 Å². The molecule has 0 bridgehead atoms. The number of rotatable bonds is 8. The number of ether oxygens (including phenoxy) is 1. The summed E-state index contributed by atoms with van der Waals surface area (Å²) >= 11 is 6.03. The number of hydrogen-bond donors (Lipinski definition) is 2. The Balaban J connectivity index is 0.00000289. The SMILES string of the molecule is CCNC(=NCCc1nc(-c2cccc(Cl)c2)no1)NCCc1ccc2c(c1)CCO2.I. The molecule has 4 rings (SSSR count). The summed E-state index contributed by atoms with van der Waals surface area (Å²) in [6.07, 6.45) is 2.48. The lowest BCUT2D eigenvalue weighted by Gasteiger charge is -2.11. The average Bonchev–Trinajstić information content (AvgIpc) is 3.43. The summed E-state index contributed by atoms with van der Waals surface area (Å²) < 4.78 is 10.9. The summed E-state index contributed by atoms with van der Waals surface area (Å²) in [4.78, 5) is 9.06. The van der Waals surface area contributed by atoms with Gasteiger partial charge in [0.15, 0.2) is 5.96 Å². The van der Waals surface area contributed by atoms with Gasteiger partial charge in [-0.3, -0.25) is 4.99 Å². The zero-order chi connectivity index (χ0) is 21.5. The van der Waals surface area contributed by atoms with E-state index in [9.17, 15) is 0 Å². The third-order valence-corrected chi connectivity index (χ3v) is 5.19. The van der Waals surface area contributed by atoms with Gasteiger partial charge >= 0.3 is 0 Å². The summed E-state index contributed by atoms with van der Waals surface area (Å²) in [5, 5.41) is 11.3. The van der Waals surface area contributed by atoms with Gasteiger partial charge < -0.3 is 19.9 Å². The molecule has 2 aromatic carbocycles. The molecule has 0 spiro atoms. The molecule has 3 aromatic rings. The molecule has 0 amide bonds. The van der Waals surface area contributed by atoms with Crippen LogP contribution in [0.25, 0.3) is 11.4 Å². The number of hydrogen-bond acceptors (Lipinski definition) is 5. The van der Waals surface area contributed by atoms with Gasteiger partial charge in [-0.2, -0.15) is 4.98 Å². The Morgan fingerprint density at radius 3 is 2.91 bits per heavy atom. The number of aliphatic imine (C=N–C) groups is 1. The fourth-order valence-electron chi connectivity index (χ4n) is 3.43. The molecule has 0 saturated heterocycles. The Kier molecular flexibility index (Phi) is 9.16. The first-order valence-corrected chi connectivity index (χ1v) is 10.9. The Labute approximate surface area is 210 Å². The third-order valence-electron chi connectivity index (χ3n) is 4.95. The maximum absolute atomic E-state index is 6.03. The van der Waals surface area contributed by atoms with E-state index in [1.54, 1.807) is 0 Å². The van der Waals surface area contributed by atoms with Crippen LogP contribution in [0.3, 0.4) is 0 Å². The van der Waals surface area contributed by atoms with Gasteiger partial charge in [0.25, 0.3) is 0 Å². The molecule has 32 heavy (non-hydrogen) atoms. The van der Waals surface area contributed by atoms with Crippen molar-refractivity contribution in [3.8, 4) is 17.1 Å². The van der Waals surface area contributed by atoms with Gasteiger partial charge in [0.1, 0.15) is 5.75 Å². The Hall–Kier alpha value is -2.33. The molecule has 0 atom stereocenters. The number of aromatic nitrogens is 2. The van der Waals surface area contributed by atoms with Crippen molar-refractivity contribution in [3.63, 3.8) is 0 Å². The van der Waals surface area contributed by atoms with E-state index in [1.807, 2.05) is 31.2 Å². The Morgan fingerprint density at radius 2 is 2.06 bits per heavy atom. The van der Waals surface area contributed by atoms with Crippen molar-refractivity contribution in [2.75, 3.05) is 26.2 Å². The molecular weight excluding hydrogens is 541 g/mol. The second kappa shape index (κ2) is 12.1. The van der Waals surface area contributed by atoms with Gasteiger partial charge in [0.2, 0.25) is 11.7 Å². The van der Waals surface area contributed by atoms with E-state index >= 15 is 0 Å². The number of nitrogens with zero attached hydrogens (tertiary/aromatic N) is 3. The quantitative estimate of drug-likeness (QED) is 0.240. The van der Waals surface area contributed by atoms with E-state index in [0.717, 1.165) is 49.8 Å². The third kappa shape index (κ3) is 6.59. The van der Waals surface area contributed by atoms with Crippen LogP contribution < -0.4 is 15.4 Å². The van der Waals surface area contributed by atoms with Crippen LogP contribution in [-0.2, 0) is 19.3 Å². The van der Waals surface area contributed by atoms with Crippen molar-refractivity contribution in [2.45, 2.75) is 26.2 Å². The molecule has 7 nitrogen and oxygen atoms in total. The summed E-state index contributed by atoms with van der Waals surface area (Å²) in [5.41, 5.74) is 3.43. The minimum absolute atomic E-state index is 0. The normalized spacial score (nSPS) is 12.6. The van der Waals surface area contributed by atoms with Crippen LogP contribution in [0.5, 0.6) is 5.75 Å². The summed E-state index contributed by atoms with van der Waals surface area (Å²) in [5.74, 6) is 2.88. The molecule has 2 N–H and O–H groups in total. The molecular formula is C23H27ClIN5O2. The number of fused-ring (bicyclic) bond motifs is 1. The van der Waals surface area contributed by atoms with Crippen molar-refractivity contribution in [3.05, 3.63) is 64.5 Å². The number of nitrogens with one attached hydrogen (secondary N) is 2. The van der Waals surface area contributed by atoms with E-state index in [1.165, 1.54) is 11.1 Å². The van der Waals surface area contributed by atoms with Crippen LogP contribution in [0.4, 0.5) is 0 Å². The lowest BCUT2D eigenvalue weighted by molar-refractivity contribution is 0.357. The molecule has 0 radical (unpaired) electrons. The number of guanidine groups is 1. The lowest BCUT2D eigenvalue weighted by Crippen LogP contribution is -2.38. The van der Waals surface area contributed by atoms with Gasteiger partial charge in [-0.05, 0) is 42.7 Å². The van der Waals surface area contributed by atoms with Gasteiger partial charge in [0, 0.05) is 36.5 Å². The van der Waals surface area contributed by atoms with E-state index < -0.39 is 0 Å². The molecule has 1 aliphatic rings. The van der Waals surface area contributed by atoms with E-state index in [4.69, 9.17) is 20.9 Å². The Morgan fingerprint density at radius 1 is 1.16 bits per heavy atom. The molecule has 170 valence electrons. The highest BCUT2D eigenvalue weighted by Crippen LogP contribution is 2.26. The van der Waals surface area contributed by atoms with Gasteiger partial charge in [-0.1, -0.05) is 41.0 Å². The summed E-state index contributed by atoms with van der Waals surface area (Å²) in [7, 11) is 0. The molecule has 9 heteroatoms. The molecule has 1 aromatic heterocycles. The first-order valence-electron chi connectivity index (χ1n) is 10.6. The first-order chi connectivity index (χ1) is 15.2. The second-order valence-electron chi connectivity index (χ2n) is 7.25. The minimum atomic E-state index is 0. The standard InChI is InChI=1S/C23H26ClN5O2.HI/c1-2-25-23(26-11-8-16-6-7-20-17(14-16)10-13-30-20)27-12-9-21-28-22(29-31-21)18-4-3-5-19(24)15-18;/h3-7,14-15H,2,8-13H2,1H3,(H2,25,26,27);1H. The van der Waals surface area contributed by atoms with Crippen LogP contribution in [0, 0.1) is 0 Å². The predicted octanol–water partition coefficient (Wildman–Crippen LogP) is 4.28. The molecule has 0 saturated carbocycles. The highest BCUT2D eigenvalue weighted by molar-refractivity contribution is 14.0. The van der Waals surface area contributed by atoms with Crippen molar-refractivity contribution in [1.82, 2.24) is 20.8 Å². The van der Waals surface area contributed by atoms with E-state index in [2.05, 4.69) is 44.0 Å². The molecule has 1 aliphatic heterocycles. The maximum atomic E-state index is 6.03. The highest BCUT2D eigenvalue weighted by atomic mass is 127. The van der Waals surface area contributed by atoms with Crippen LogP contribution in [-0.4, -0.2) is 42.3 Å². The highest BCUT2D eigenvalue weighted by Gasteiger charge is 2.12. The fourth-order valence-corrected chi connectivity index (χ4v) is 3.62. The van der Waals surface area contributed by atoms with Crippen LogP contribution in [0.15, 0.2) is 52.0 Å². The monoisotopic (exact) mass is 567 g/mol. The summed E-state index contributed by atoms with van der Waals surface area (Å²) in [6, 6.07) is 13.8. The van der Waals surface area contributed by atoms with Crippen LogP contribution in [0.2, 0.25) is 5.02 Å². The van der Waals surface area contributed by atoms with E-state index in [-0.39, 0.29) is 24.0 Å². The zero-order valence-electron chi connectivity index (χ0n) is 17.9. The lowest BCUT2D eigenvalue weighted by atomic mass is 10.1. The number of benzene rings is 2. The smallest absolute Gasteiger partial charge is 0.228 e. The van der Waals surface area contributed by atoms with Crippen molar-refractivity contribution < 1.29 is 9.26 Å². The van der Waals surface area contributed by atoms with Gasteiger partial charge in [-0.25, -0.2) is 0 Å². The molecule has 0 unspecified atom stereocenters. The van der Waals surface area contributed by atoms with Crippen LogP contribution in [0.1, 0.15) is 23.9 Å². The fraction of sp³-hybridized carbons (Fsp3) is 0.348. The van der Waals surface area contributed by atoms with Crippen molar-refractivity contribution >= 4 is 41.5 Å². The predicted molar refractivity (Wildman–Crippen MR) is 137 cm³/mol.